The minimum Gasteiger partial charge on any atom is -1.00 e. The SMILES string of the molecule is [F-].[F-].[Zr+4].c1ccc(C[c-]2cccc2)cc1.c1ccc(C[c-]2cccc2)cc1. The Balaban J connectivity index is 0.000000451. The van der Waals surface area contributed by atoms with Gasteiger partial charge in [-0.2, -0.15) is 35.4 Å². The first kappa shape index (κ1) is 24.9. The van der Waals surface area contributed by atoms with Gasteiger partial charge in [-0.05, 0) is 12.8 Å². The molecule has 0 aliphatic rings. The minimum absolute atomic E-state index is 0. The molecule has 27 heavy (non-hydrogen) atoms. The van der Waals surface area contributed by atoms with E-state index < -0.39 is 0 Å². The van der Waals surface area contributed by atoms with Gasteiger partial charge in [0.25, 0.3) is 0 Å². The molecule has 0 heterocycles. The Kier molecular flexibility index (Phi) is 12.9. The molecule has 0 saturated heterocycles. The maximum atomic E-state index is 2.16. The van der Waals surface area contributed by atoms with Gasteiger partial charge in [0, 0.05) is 0 Å². The van der Waals surface area contributed by atoms with E-state index in [2.05, 4.69) is 109 Å². The van der Waals surface area contributed by atoms with Crippen LogP contribution in [0.15, 0.2) is 109 Å². The van der Waals surface area contributed by atoms with E-state index in [1.165, 1.54) is 22.3 Å². The molecule has 4 aromatic carbocycles. The molecule has 0 aliphatic carbocycles. The van der Waals surface area contributed by atoms with E-state index in [9.17, 15) is 0 Å². The molecule has 3 heteroatoms. The third-order valence-corrected chi connectivity index (χ3v) is 3.97. The number of hydrogen-bond acceptors (Lipinski definition) is 0. The number of halogens is 2. The Hall–Kier alpha value is -2.12. The smallest absolute Gasteiger partial charge is 1.00 e. The minimum atomic E-state index is 0. The second-order valence-electron chi connectivity index (χ2n) is 5.91. The number of hydrogen-bond donors (Lipinski definition) is 0. The molecule has 0 atom stereocenters. The van der Waals surface area contributed by atoms with Crippen molar-refractivity contribution in [3.8, 4) is 0 Å². The van der Waals surface area contributed by atoms with Gasteiger partial charge < -0.3 is 9.41 Å². The van der Waals surface area contributed by atoms with Crippen molar-refractivity contribution < 1.29 is 35.6 Å². The molecule has 136 valence electrons. The molecule has 0 aromatic heterocycles. The average molecular weight is 440 g/mol. The van der Waals surface area contributed by atoms with Gasteiger partial charge in [0.15, 0.2) is 0 Å². The van der Waals surface area contributed by atoms with Gasteiger partial charge in [-0.1, -0.05) is 71.8 Å². The molecule has 0 nitrogen and oxygen atoms in total. The summed E-state index contributed by atoms with van der Waals surface area (Å²) in [6, 6.07) is 38.0. The van der Waals surface area contributed by atoms with Crippen LogP contribution in [0.1, 0.15) is 22.3 Å². The molecule has 4 rings (SSSR count). The zero-order chi connectivity index (χ0) is 16.5. The molecule has 0 amide bonds. The van der Waals surface area contributed by atoms with Crippen molar-refractivity contribution in [1.82, 2.24) is 0 Å². The first-order valence-electron chi connectivity index (χ1n) is 8.39. The summed E-state index contributed by atoms with van der Waals surface area (Å²) >= 11 is 0. The van der Waals surface area contributed by atoms with E-state index in [0.29, 0.717) is 0 Å². The van der Waals surface area contributed by atoms with Crippen LogP contribution in [0, 0.1) is 0 Å². The molecule has 0 unspecified atom stereocenters. The predicted molar refractivity (Wildman–Crippen MR) is 103 cm³/mol. The molecular weight excluding hydrogens is 417 g/mol. The predicted octanol–water partition coefficient (Wildman–Crippen LogP) is -0.00190. The fraction of sp³-hybridized carbons (Fsp3) is 0.0833. The van der Waals surface area contributed by atoms with Crippen molar-refractivity contribution in [1.29, 1.82) is 0 Å². The van der Waals surface area contributed by atoms with E-state index >= 15 is 0 Å². The first-order chi connectivity index (χ1) is 11.9. The van der Waals surface area contributed by atoms with Crippen molar-refractivity contribution in [3.63, 3.8) is 0 Å². The summed E-state index contributed by atoms with van der Waals surface area (Å²) in [5.41, 5.74) is 5.54. The van der Waals surface area contributed by atoms with Gasteiger partial charge in [-0.25, -0.2) is 24.3 Å². The fourth-order valence-corrected chi connectivity index (χ4v) is 2.73. The summed E-state index contributed by atoms with van der Waals surface area (Å²) in [5, 5.41) is 0. The van der Waals surface area contributed by atoms with Crippen LogP contribution in [0.4, 0.5) is 0 Å². The van der Waals surface area contributed by atoms with Gasteiger partial charge in [0.1, 0.15) is 0 Å². The van der Waals surface area contributed by atoms with Crippen LogP contribution < -0.4 is 9.41 Å². The van der Waals surface area contributed by atoms with Crippen molar-refractivity contribution in [2.24, 2.45) is 0 Å². The zero-order valence-electron chi connectivity index (χ0n) is 15.1. The summed E-state index contributed by atoms with van der Waals surface area (Å²) in [5.74, 6) is 0. The summed E-state index contributed by atoms with van der Waals surface area (Å²) < 4.78 is 0. The van der Waals surface area contributed by atoms with Crippen LogP contribution in [0.2, 0.25) is 0 Å². The molecule has 4 aromatic rings. The van der Waals surface area contributed by atoms with Crippen LogP contribution in [0.3, 0.4) is 0 Å². The average Bonchev–Trinajstić information content (AvgIpc) is 3.32. The van der Waals surface area contributed by atoms with Crippen LogP contribution in [-0.2, 0) is 39.0 Å². The van der Waals surface area contributed by atoms with E-state index in [1.54, 1.807) is 0 Å². The third kappa shape index (κ3) is 8.88. The van der Waals surface area contributed by atoms with E-state index in [-0.39, 0.29) is 35.6 Å². The maximum absolute atomic E-state index is 2.16. The Morgan fingerprint density at radius 1 is 0.444 bits per heavy atom. The molecule has 0 saturated carbocycles. The van der Waals surface area contributed by atoms with Gasteiger partial charge in [0.05, 0.1) is 0 Å². The topological polar surface area (TPSA) is 0 Å². The van der Waals surface area contributed by atoms with Gasteiger partial charge in [0.2, 0.25) is 0 Å². The summed E-state index contributed by atoms with van der Waals surface area (Å²) in [6.07, 6.45) is 2.10. The largest absolute Gasteiger partial charge is 4.00 e. The van der Waals surface area contributed by atoms with E-state index in [1.807, 2.05) is 0 Å². The monoisotopic (exact) mass is 438 g/mol. The van der Waals surface area contributed by atoms with Crippen LogP contribution in [-0.4, -0.2) is 0 Å². The van der Waals surface area contributed by atoms with Gasteiger partial charge >= 0.3 is 26.2 Å². The molecule has 0 N–H and O–H groups in total. The number of rotatable bonds is 4. The van der Waals surface area contributed by atoms with Crippen LogP contribution in [0.5, 0.6) is 0 Å². The van der Waals surface area contributed by atoms with Crippen LogP contribution in [0.25, 0.3) is 0 Å². The number of benzene rings is 2. The van der Waals surface area contributed by atoms with Crippen molar-refractivity contribution in [2.45, 2.75) is 12.8 Å². The standard InChI is InChI=1S/2C12H11.2FH.Zr/c2*1-2-6-11(7-3-1)10-12-8-4-5-9-12;;;/h2*1-9H,10H2;2*1H;/q2*-1;;;+4/p-2. The van der Waals surface area contributed by atoms with Crippen molar-refractivity contribution in [3.05, 3.63) is 131 Å². The van der Waals surface area contributed by atoms with Crippen molar-refractivity contribution >= 4 is 0 Å². The molecule has 0 bridgehead atoms. The van der Waals surface area contributed by atoms with Gasteiger partial charge in [-0.3, -0.25) is 0 Å². The van der Waals surface area contributed by atoms with E-state index in [0.717, 1.165) is 12.8 Å². The summed E-state index contributed by atoms with van der Waals surface area (Å²) in [4.78, 5) is 0. The quantitative estimate of drug-likeness (QED) is 0.393. The Morgan fingerprint density at radius 3 is 1.04 bits per heavy atom. The Bertz CT molecular complexity index is 721. The Morgan fingerprint density at radius 2 is 0.741 bits per heavy atom. The summed E-state index contributed by atoms with van der Waals surface area (Å²) in [7, 11) is 0. The van der Waals surface area contributed by atoms with Gasteiger partial charge in [-0.15, -0.1) is 0 Å². The van der Waals surface area contributed by atoms with E-state index in [4.69, 9.17) is 0 Å². The second kappa shape index (κ2) is 14.0. The third-order valence-electron chi connectivity index (χ3n) is 3.97. The van der Waals surface area contributed by atoms with Crippen LogP contribution >= 0.6 is 0 Å². The summed E-state index contributed by atoms with van der Waals surface area (Å²) in [6.45, 7) is 0. The molecule has 0 spiro atoms. The first-order valence-corrected chi connectivity index (χ1v) is 8.39. The zero-order valence-corrected chi connectivity index (χ0v) is 17.5. The molecular formula is C24H22F2Zr. The molecule has 0 radical (unpaired) electrons. The molecule has 0 aliphatic heterocycles. The normalized spacial score (nSPS) is 8.89. The maximum Gasteiger partial charge on any atom is 4.00 e. The Labute approximate surface area is 179 Å². The van der Waals surface area contributed by atoms with Crippen molar-refractivity contribution in [2.75, 3.05) is 0 Å². The fourth-order valence-electron chi connectivity index (χ4n) is 2.73. The molecule has 0 fully saturated rings. The second-order valence-corrected chi connectivity index (χ2v) is 5.91.